The lowest BCUT2D eigenvalue weighted by Crippen LogP contribution is -2.44. The third-order valence-electron chi connectivity index (χ3n) is 11.1. The molecule has 61 heavy (non-hydrogen) atoms. The fraction of sp³-hybridized carbons (Fsp3) is 0.280. The summed E-state index contributed by atoms with van der Waals surface area (Å²) in [6.07, 6.45) is 4.00. The molecule has 7 rings (SSSR count). The molecule has 0 radical (unpaired) electrons. The minimum absolute atomic E-state index is 0.0930. The van der Waals surface area contributed by atoms with Crippen LogP contribution in [0.4, 0.5) is 4.79 Å². The Labute approximate surface area is 356 Å². The predicted molar refractivity (Wildman–Crippen MR) is 231 cm³/mol. The summed E-state index contributed by atoms with van der Waals surface area (Å²) in [6.45, 7) is 0.0434. The first-order valence-corrected chi connectivity index (χ1v) is 20.8. The van der Waals surface area contributed by atoms with Crippen molar-refractivity contribution < 1.29 is 38.5 Å². The van der Waals surface area contributed by atoms with E-state index < -0.39 is 36.1 Å². The van der Waals surface area contributed by atoms with Crippen LogP contribution in [0.25, 0.3) is 11.1 Å². The third-order valence-corrected chi connectivity index (χ3v) is 11.1. The number of allylic oxidation sites excluding steroid dienone is 2. The van der Waals surface area contributed by atoms with Crippen molar-refractivity contribution >= 4 is 23.9 Å². The molecule has 1 aliphatic heterocycles. The molecule has 0 unspecified atom stereocenters. The van der Waals surface area contributed by atoms with Crippen molar-refractivity contribution in [3.8, 4) is 16.9 Å². The van der Waals surface area contributed by atoms with Gasteiger partial charge in [0.05, 0.1) is 24.6 Å². The zero-order valence-electron chi connectivity index (χ0n) is 33.9. The molecule has 4 N–H and O–H groups in total. The zero-order chi connectivity index (χ0) is 42.4. The summed E-state index contributed by atoms with van der Waals surface area (Å²) in [5, 5.41) is 18.8. The first-order valence-electron chi connectivity index (χ1n) is 20.8. The van der Waals surface area contributed by atoms with E-state index >= 15 is 0 Å². The number of carbonyl (C=O) groups is 4. The van der Waals surface area contributed by atoms with Gasteiger partial charge in [-0.1, -0.05) is 133 Å². The maximum absolute atomic E-state index is 13.9. The number of cyclic esters (lactones) is 1. The molecule has 0 bridgehead atoms. The van der Waals surface area contributed by atoms with Crippen molar-refractivity contribution in [3.05, 3.63) is 173 Å². The third kappa shape index (κ3) is 11.5. The number of hydrogen-bond donors (Lipinski definition) is 4. The van der Waals surface area contributed by atoms with E-state index in [4.69, 9.17) is 14.2 Å². The Morgan fingerprint density at radius 3 is 2.13 bits per heavy atom. The Morgan fingerprint density at radius 1 is 0.787 bits per heavy atom. The van der Waals surface area contributed by atoms with E-state index in [9.17, 15) is 24.3 Å². The summed E-state index contributed by atoms with van der Waals surface area (Å²) in [5.74, 6) is -1.61. The second-order valence-electron chi connectivity index (χ2n) is 15.4. The molecular weight excluding hydrogens is 771 g/mol. The average molecular weight is 822 g/mol. The largest absolute Gasteiger partial charge is 0.489 e. The fourth-order valence-corrected chi connectivity index (χ4v) is 7.84. The maximum atomic E-state index is 13.9. The number of esters is 1. The molecule has 0 saturated heterocycles. The number of alkyl carbamates (subject to hydrolysis) is 1. The van der Waals surface area contributed by atoms with Crippen LogP contribution in [-0.2, 0) is 36.9 Å². The molecule has 5 aromatic rings. The SMILES string of the molecule is O=C(C[C@H]1CC=CCC[C@H](NC(=O)OCC2c3ccccc3-c3ccccc32)C(=O)OC[C@H](c2ccccc2)NC1=O)N[C@H](CO)Cc1ccc(OCc2ccccc2)cc1. The van der Waals surface area contributed by atoms with Crippen LogP contribution in [0.15, 0.2) is 146 Å². The van der Waals surface area contributed by atoms with E-state index in [2.05, 4.69) is 28.1 Å². The molecule has 1 heterocycles. The van der Waals surface area contributed by atoms with Gasteiger partial charge in [0.15, 0.2) is 0 Å². The lowest BCUT2D eigenvalue weighted by molar-refractivity contribution is -0.147. The Morgan fingerprint density at radius 2 is 1.44 bits per heavy atom. The van der Waals surface area contributed by atoms with Gasteiger partial charge in [-0.15, -0.1) is 0 Å². The number of aliphatic hydroxyl groups is 1. The summed E-state index contributed by atoms with van der Waals surface area (Å²) < 4.78 is 17.4. The van der Waals surface area contributed by atoms with Gasteiger partial charge in [0.25, 0.3) is 0 Å². The van der Waals surface area contributed by atoms with Gasteiger partial charge in [-0.25, -0.2) is 9.59 Å². The molecule has 2 aliphatic rings. The van der Waals surface area contributed by atoms with E-state index in [1.54, 1.807) is 0 Å². The van der Waals surface area contributed by atoms with Crippen molar-refractivity contribution in [2.24, 2.45) is 5.92 Å². The van der Waals surface area contributed by atoms with Gasteiger partial charge in [-0.05, 0) is 76.8 Å². The topological polar surface area (TPSA) is 152 Å². The van der Waals surface area contributed by atoms with Crippen LogP contribution in [0, 0.1) is 5.92 Å². The quantitative estimate of drug-likeness (QED) is 0.0712. The van der Waals surface area contributed by atoms with Crippen LogP contribution in [0.1, 0.15) is 65.5 Å². The van der Waals surface area contributed by atoms with Crippen LogP contribution in [0.5, 0.6) is 5.75 Å². The lowest BCUT2D eigenvalue weighted by atomic mass is 9.97. The van der Waals surface area contributed by atoms with Gasteiger partial charge in [0, 0.05) is 12.3 Å². The molecule has 4 atom stereocenters. The van der Waals surface area contributed by atoms with Crippen LogP contribution in [0.3, 0.4) is 0 Å². The van der Waals surface area contributed by atoms with Gasteiger partial charge in [-0.3, -0.25) is 9.59 Å². The minimum atomic E-state index is -1.01. The van der Waals surface area contributed by atoms with Crippen LogP contribution in [-0.4, -0.2) is 60.9 Å². The van der Waals surface area contributed by atoms with Crippen molar-refractivity contribution in [3.63, 3.8) is 0 Å². The second kappa shape index (κ2) is 21.0. The Kier molecular flexibility index (Phi) is 14.6. The molecule has 314 valence electrons. The zero-order valence-corrected chi connectivity index (χ0v) is 33.9. The summed E-state index contributed by atoms with van der Waals surface area (Å²) in [6, 6.07) is 40.3. The van der Waals surface area contributed by atoms with E-state index in [-0.39, 0.29) is 56.8 Å². The number of aliphatic hydroxyl groups excluding tert-OH is 1. The highest BCUT2D eigenvalue weighted by Gasteiger charge is 2.31. The van der Waals surface area contributed by atoms with Crippen LogP contribution in [0.2, 0.25) is 0 Å². The lowest BCUT2D eigenvalue weighted by Gasteiger charge is -2.24. The number of amides is 3. The number of hydrogen-bond acceptors (Lipinski definition) is 8. The Bertz CT molecular complexity index is 2240. The standard InChI is InChI=1S/C50H51N3O8/c54-30-38(28-34-24-26-39(27-25-34)59-31-35-14-4-1-5-15-35)51-47(55)29-37-18-8-3-9-23-45(49(57)60-33-46(52-48(37)56)36-16-6-2-7-17-36)53-50(58)61-32-44-42-21-12-10-19-40(42)41-20-11-13-22-43(41)44/h1-8,10-17,19-22,24-27,37-38,44-46,54H,9,18,23,28-33H2,(H,51,55)(H,52,56)(H,53,58)/t37-,38+,45+,46-/m1/s1. The first kappa shape index (κ1) is 42.4. The number of carbonyl (C=O) groups excluding carboxylic acids is 4. The number of ether oxygens (including phenoxy) is 3. The molecular formula is C50H51N3O8. The molecule has 1 aliphatic carbocycles. The molecule has 5 aromatic carbocycles. The minimum Gasteiger partial charge on any atom is -0.489 e. The molecule has 11 nitrogen and oxygen atoms in total. The fourth-order valence-electron chi connectivity index (χ4n) is 7.84. The molecule has 0 saturated carbocycles. The molecule has 11 heteroatoms. The Hall–Kier alpha value is -6.72. The predicted octanol–water partition coefficient (Wildman–Crippen LogP) is 7.34. The molecule has 0 aromatic heterocycles. The van der Waals surface area contributed by atoms with Gasteiger partial charge in [-0.2, -0.15) is 0 Å². The van der Waals surface area contributed by atoms with E-state index in [1.165, 1.54) is 0 Å². The summed E-state index contributed by atoms with van der Waals surface area (Å²) >= 11 is 0. The van der Waals surface area contributed by atoms with Gasteiger partial charge in [0.2, 0.25) is 11.8 Å². The van der Waals surface area contributed by atoms with Gasteiger partial charge >= 0.3 is 12.1 Å². The number of rotatable bonds is 13. The molecule has 0 fully saturated rings. The smallest absolute Gasteiger partial charge is 0.407 e. The van der Waals surface area contributed by atoms with Crippen molar-refractivity contribution in [2.75, 3.05) is 19.8 Å². The van der Waals surface area contributed by atoms with Gasteiger partial charge < -0.3 is 35.3 Å². The van der Waals surface area contributed by atoms with E-state index in [0.29, 0.717) is 30.8 Å². The molecule has 0 spiro atoms. The first-order chi connectivity index (χ1) is 29.8. The second-order valence-corrected chi connectivity index (χ2v) is 15.4. The Balaban J connectivity index is 0.966. The normalized spacial score (nSPS) is 18.4. The monoisotopic (exact) mass is 821 g/mol. The highest BCUT2D eigenvalue weighted by atomic mass is 16.6. The average Bonchev–Trinajstić information content (AvgIpc) is 3.62. The van der Waals surface area contributed by atoms with Crippen molar-refractivity contribution in [1.29, 1.82) is 0 Å². The van der Waals surface area contributed by atoms with E-state index in [0.717, 1.165) is 33.4 Å². The number of nitrogens with one attached hydrogen (secondary N) is 3. The summed E-state index contributed by atoms with van der Waals surface area (Å²) in [5.41, 5.74) is 7.04. The van der Waals surface area contributed by atoms with Crippen LogP contribution < -0.4 is 20.7 Å². The highest BCUT2D eigenvalue weighted by molar-refractivity contribution is 5.86. The van der Waals surface area contributed by atoms with Crippen molar-refractivity contribution in [1.82, 2.24) is 16.0 Å². The van der Waals surface area contributed by atoms with Crippen LogP contribution >= 0.6 is 0 Å². The number of benzene rings is 5. The molecule has 3 amide bonds. The summed E-state index contributed by atoms with van der Waals surface area (Å²) in [7, 11) is 0. The van der Waals surface area contributed by atoms with Crippen molar-refractivity contribution in [2.45, 2.75) is 62.8 Å². The highest BCUT2D eigenvalue weighted by Crippen LogP contribution is 2.44. The van der Waals surface area contributed by atoms with Gasteiger partial charge in [0.1, 0.15) is 31.6 Å². The summed E-state index contributed by atoms with van der Waals surface area (Å²) in [4.78, 5) is 54.1. The maximum Gasteiger partial charge on any atom is 0.407 e. The van der Waals surface area contributed by atoms with E-state index in [1.807, 2.05) is 133 Å². The number of fused-ring (bicyclic) bond motifs is 3.